The summed E-state index contributed by atoms with van der Waals surface area (Å²) in [5.41, 5.74) is 7.06. The van der Waals surface area contributed by atoms with Gasteiger partial charge in [-0.05, 0) is 41.5 Å². The molecule has 3 aromatic rings. The van der Waals surface area contributed by atoms with Gasteiger partial charge in [0.15, 0.2) is 6.10 Å². The fraction of sp³-hybridized carbons (Fsp3) is 0.160. The number of amides is 3. The summed E-state index contributed by atoms with van der Waals surface area (Å²) in [4.78, 5) is 37.8. The minimum Gasteiger partial charge on any atom is -0.381 e. The Morgan fingerprint density at radius 2 is 1.56 bits per heavy atom. The smallest absolute Gasteiger partial charge is 0.252 e. The fourth-order valence-electron chi connectivity index (χ4n) is 3.37. The molecule has 0 bridgehead atoms. The summed E-state index contributed by atoms with van der Waals surface area (Å²) >= 11 is 9.43. The summed E-state index contributed by atoms with van der Waals surface area (Å²) in [5.74, 6) is -2.10. The van der Waals surface area contributed by atoms with Gasteiger partial charge < -0.3 is 21.5 Å². The Labute approximate surface area is 210 Å². The number of benzene rings is 3. The zero-order valence-corrected chi connectivity index (χ0v) is 20.3. The number of nitrogens with two attached hydrogens (primary N) is 1. The third kappa shape index (κ3) is 6.66. The van der Waals surface area contributed by atoms with Gasteiger partial charge in [0.1, 0.15) is 6.04 Å². The average molecular weight is 545 g/mol. The molecule has 0 aliphatic carbocycles. The molecule has 0 fully saturated rings. The monoisotopic (exact) mass is 543 g/mol. The van der Waals surface area contributed by atoms with Crippen LogP contribution in [0.15, 0.2) is 83.3 Å². The molecule has 0 aliphatic heterocycles. The SMILES string of the molecule is NC(=O)[C@H](Cc1cc(Cl)ccc1Br)NC(=O)[C@H](O)[C@@H](NC(=O)c1ccccc1)c1ccccc1. The Morgan fingerprint density at radius 1 is 0.941 bits per heavy atom. The van der Waals surface area contributed by atoms with Crippen molar-refractivity contribution in [1.82, 2.24) is 10.6 Å². The first kappa shape index (κ1) is 25.4. The highest BCUT2D eigenvalue weighted by atomic mass is 79.9. The second-order valence-corrected chi connectivity index (χ2v) is 8.87. The molecule has 5 N–H and O–H groups in total. The predicted octanol–water partition coefficient (Wildman–Crippen LogP) is 3.15. The lowest BCUT2D eigenvalue weighted by atomic mass is 9.99. The van der Waals surface area contributed by atoms with Gasteiger partial charge in [-0.3, -0.25) is 14.4 Å². The number of hydrogen-bond donors (Lipinski definition) is 4. The van der Waals surface area contributed by atoms with E-state index in [0.29, 0.717) is 26.2 Å². The maximum absolute atomic E-state index is 13.0. The first-order valence-corrected chi connectivity index (χ1v) is 11.6. The van der Waals surface area contributed by atoms with Gasteiger partial charge in [-0.15, -0.1) is 0 Å². The molecule has 3 amide bonds. The number of carbonyl (C=O) groups excluding carboxylic acids is 3. The van der Waals surface area contributed by atoms with Crippen LogP contribution in [0.3, 0.4) is 0 Å². The Balaban J connectivity index is 1.80. The molecule has 0 saturated heterocycles. The first-order valence-electron chi connectivity index (χ1n) is 10.4. The standard InChI is InChI=1S/C25H23BrClN3O4/c26-19-12-11-18(27)13-17(19)14-20(23(28)32)29-25(34)22(31)21(15-7-3-1-4-8-15)30-24(33)16-9-5-2-6-10-16/h1-13,20-22,31H,14H2,(H2,28,32)(H,29,34)(H,30,33)/t20-,21-,22+/m0/s1. The quantitative estimate of drug-likeness (QED) is 0.331. The van der Waals surface area contributed by atoms with E-state index in [1.54, 1.807) is 78.9 Å². The normalized spacial score (nSPS) is 13.4. The molecule has 7 nitrogen and oxygen atoms in total. The maximum atomic E-state index is 13.0. The zero-order valence-electron chi connectivity index (χ0n) is 17.9. The fourth-order valence-corrected chi connectivity index (χ4v) is 3.97. The Hall–Kier alpha value is -3.20. The summed E-state index contributed by atoms with van der Waals surface area (Å²) in [5, 5.41) is 16.6. The lowest BCUT2D eigenvalue weighted by molar-refractivity contribution is -0.134. The van der Waals surface area contributed by atoms with Gasteiger partial charge in [0.05, 0.1) is 6.04 Å². The average Bonchev–Trinajstić information content (AvgIpc) is 2.84. The molecule has 3 rings (SSSR count). The first-order chi connectivity index (χ1) is 16.3. The number of hydrogen-bond acceptors (Lipinski definition) is 4. The molecule has 0 aliphatic rings. The van der Waals surface area contributed by atoms with Gasteiger partial charge in [0, 0.05) is 21.5 Å². The van der Waals surface area contributed by atoms with Gasteiger partial charge in [-0.2, -0.15) is 0 Å². The number of aliphatic hydroxyl groups excluding tert-OH is 1. The molecule has 0 spiro atoms. The Bertz CT molecular complexity index is 1160. The largest absolute Gasteiger partial charge is 0.381 e. The van der Waals surface area contributed by atoms with Crippen LogP contribution >= 0.6 is 27.5 Å². The van der Waals surface area contributed by atoms with Crippen LogP contribution < -0.4 is 16.4 Å². The van der Waals surface area contributed by atoms with E-state index < -0.39 is 35.9 Å². The van der Waals surface area contributed by atoms with Crippen molar-refractivity contribution in [3.63, 3.8) is 0 Å². The minimum absolute atomic E-state index is 0.0569. The van der Waals surface area contributed by atoms with E-state index >= 15 is 0 Å². The van der Waals surface area contributed by atoms with Crippen molar-refractivity contribution in [1.29, 1.82) is 0 Å². The molecule has 176 valence electrons. The highest BCUT2D eigenvalue weighted by Gasteiger charge is 2.32. The number of nitrogens with one attached hydrogen (secondary N) is 2. The van der Waals surface area contributed by atoms with Gasteiger partial charge >= 0.3 is 0 Å². The van der Waals surface area contributed by atoms with E-state index in [-0.39, 0.29) is 6.42 Å². The number of aliphatic hydroxyl groups is 1. The molecular weight excluding hydrogens is 522 g/mol. The molecule has 34 heavy (non-hydrogen) atoms. The highest BCUT2D eigenvalue weighted by molar-refractivity contribution is 9.10. The van der Waals surface area contributed by atoms with Crippen LogP contribution in [0.2, 0.25) is 5.02 Å². The second-order valence-electron chi connectivity index (χ2n) is 7.58. The van der Waals surface area contributed by atoms with E-state index in [4.69, 9.17) is 17.3 Å². The van der Waals surface area contributed by atoms with Crippen molar-refractivity contribution in [2.75, 3.05) is 0 Å². The molecule has 0 aromatic heterocycles. The predicted molar refractivity (Wildman–Crippen MR) is 133 cm³/mol. The van der Waals surface area contributed by atoms with Crippen molar-refractivity contribution in [3.8, 4) is 0 Å². The van der Waals surface area contributed by atoms with E-state index in [1.807, 2.05) is 0 Å². The number of rotatable bonds is 9. The third-order valence-corrected chi connectivity index (χ3v) is 6.17. The lowest BCUT2D eigenvalue weighted by Crippen LogP contribution is -2.52. The second kappa shape index (κ2) is 11.8. The lowest BCUT2D eigenvalue weighted by Gasteiger charge is -2.26. The van der Waals surface area contributed by atoms with Gasteiger partial charge in [0.25, 0.3) is 11.8 Å². The molecular formula is C25H23BrClN3O4. The molecule has 3 aromatic carbocycles. The number of primary amides is 1. The van der Waals surface area contributed by atoms with Gasteiger partial charge in [-0.1, -0.05) is 76.1 Å². The summed E-state index contributed by atoms with van der Waals surface area (Å²) in [6.07, 6.45) is -1.64. The molecule has 0 saturated carbocycles. The van der Waals surface area contributed by atoms with E-state index in [9.17, 15) is 19.5 Å². The molecule has 3 atom stereocenters. The van der Waals surface area contributed by atoms with Crippen LogP contribution in [-0.4, -0.2) is 35.0 Å². The van der Waals surface area contributed by atoms with Crippen molar-refractivity contribution < 1.29 is 19.5 Å². The van der Waals surface area contributed by atoms with Crippen molar-refractivity contribution in [2.24, 2.45) is 5.73 Å². The summed E-state index contributed by atoms with van der Waals surface area (Å²) < 4.78 is 0.690. The molecule has 0 heterocycles. The van der Waals surface area contributed by atoms with Crippen LogP contribution in [0, 0.1) is 0 Å². The van der Waals surface area contributed by atoms with Crippen LogP contribution in [0.1, 0.15) is 27.5 Å². The third-order valence-electron chi connectivity index (χ3n) is 5.16. The van der Waals surface area contributed by atoms with Crippen LogP contribution in [0.4, 0.5) is 0 Å². The van der Waals surface area contributed by atoms with Crippen molar-refractivity contribution in [2.45, 2.75) is 24.6 Å². The Morgan fingerprint density at radius 3 is 2.18 bits per heavy atom. The van der Waals surface area contributed by atoms with E-state index in [1.165, 1.54) is 0 Å². The summed E-state index contributed by atoms with van der Waals surface area (Å²) in [6.45, 7) is 0. The Kier molecular flexibility index (Phi) is 8.81. The maximum Gasteiger partial charge on any atom is 0.252 e. The van der Waals surface area contributed by atoms with Crippen molar-refractivity contribution in [3.05, 3.63) is 105 Å². The van der Waals surface area contributed by atoms with Gasteiger partial charge in [-0.25, -0.2) is 0 Å². The highest BCUT2D eigenvalue weighted by Crippen LogP contribution is 2.23. The number of carbonyl (C=O) groups is 3. The zero-order chi connectivity index (χ0) is 24.7. The van der Waals surface area contributed by atoms with Crippen molar-refractivity contribution >= 4 is 45.3 Å². The number of halogens is 2. The summed E-state index contributed by atoms with van der Waals surface area (Å²) in [7, 11) is 0. The van der Waals surface area contributed by atoms with Crippen LogP contribution in [-0.2, 0) is 16.0 Å². The topological polar surface area (TPSA) is 122 Å². The molecule has 0 unspecified atom stereocenters. The van der Waals surface area contributed by atoms with Crippen LogP contribution in [0.5, 0.6) is 0 Å². The van der Waals surface area contributed by atoms with Gasteiger partial charge in [0.2, 0.25) is 5.91 Å². The molecule has 0 radical (unpaired) electrons. The summed E-state index contributed by atoms with van der Waals surface area (Å²) in [6, 6.07) is 19.9. The van der Waals surface area contributed by atoms with E-state index in [0.717, 1.165) is 0 Å². The van der Waals surface area contributed by atoms with Crippen LogP contribution in [0.25, 0.3) is 0 Å². The van der Waals surface area contributed by atoms with E-state index in [2.05, 4.69) is 26.6 Å². The molecule has 9 heteroatoms. The minimum atomic E-state index is -1.69.